The Bertz CT molecular complexity index is 1870. The lowest BCUT2D eigenvalue weighted by Crippen LogP contribution is -2.29. The Morgan fingerprint density at radius 2 is 1.04 bits per heavy atom. The maximum Gasteiger partial charge on any atom is 0.189 e. The highest BCUT2D eigenvalue weighted by atomic mass is 35.5. The third kappa shape index (κ3) is 8.18. The van der Waals surface area contributed by atoms with E-state index in [4.69, 9.17) is 58.6 Å². The zero-order chi connectivity index (χ0) is 36.0. The van der Waals surface area contributed by atoms with Crippen molar-refractivity contribution in [1.82, 2.24) is 13.8 Å². The minimum absolute atomic E-state index is 0.194. The van der Waals surface area contributed by atoms with Crippen molar-refractivity contribution in [2.75, 3.05) is 23.8 Å². The Labute approximate surface area is 319 Å². The molecule has 6 rings (SSSR count). The van der Waals surface area contributed by atoms with E-state index in [-0.39, 0.29) is 16.3 Å². The molecule has 4 aromatic carbocycles. The van der Waals surface area contributed by atoms with Crippen LogP contribution in [0.5, 0.6) is 0 Å². The van der Waals surface area contributed by atoms with E-state index in [1.165, 1.54) is 72.4 Å². The van der Waals surface area contributed by atoms with Gasteiger partial charge < -0.3 is 0 Å². The van der Waals surface area contributed by atoms with E-state index in [2.05, 4.69) is 148 Å². The van der Waals surface area contributed by atoms with Gasteiger partial charge in [-0.2, -0.15) is 0 Å². The zero-order valence-corrected chi connectivity index (χ0v) is 34.4. The first-order valence-corrected chi connectivity index (χ1v) is 20.4. The molecule has 260 valence electrons. The lowest BCUT2D eigenvalue weighted by molar-refractivity contribution is 0.506. The maximum absolute atomic E-state index is 6.51. The summed E-state index contributed by atoms with van der Waals surface area (Å²) in [5, 5.41) is 0.389. The lowest BCUT2D eigenvalue weighted by Gasteiger charge is -2.36. The molecule has 1 aliphatic rings. The summed E-state index contributed by atoms with van der Waals surface area (Å²) in [5.74, 6) is 0. The monoisotopic (exact) mass is 771 g/mol. The first-order valence-electron chi connectivity index (χ1n) is 16.5. The third-order valence-corrected chi connectivity index (χ3v) is 12.3. The van der Waals surface area contributed by atoms with Crippen LogP contribution in [0.1, 0.15) is 64.0 Å². The summed E-state index contributed by atoms with van der Waals surface area (Å²) in [6.45, 7) is 19.8. The van der Waals surface area contributed by atoms with Gasteiger partial charge in [0.05, 0.1) is 27.5 Å². The number of alkyl halides is 4. The minimum atomic E-state index is -0.873. The van der Waals surface area contributed by atoms with Gasteiger partial charge in [0.2, 0.25) is 0 Å². The summed E-state index contributed by atoms with van der Waals surface area (Å²) in [4.78, 5) is 0. The number of fused-ring (bicyclic) bond motifs is 3. The quantitative estimate of drug-likeness (QED) is 0.0928. The first kappa shape index (κ1) is 39.6. The number of nitrogens with zero attached hydrogens (tertiary/aromatic N) is 3. The predicted molar refractivity (Wildman–Crippen MR) is 221 cm³/mol. The van der Waals surface area contributed by atoms with Crippen molar-refractivity contribution in [3.05, 3.63) is 128 Å². The summed E-state index contributed by atoms with van der Waals surface area (Å²) < 4.78 is 8.27. The van der Waals surface area contributed by atoms with Crippen LogP contribution in [0.2, 0.25) is 0 Å². The molecule has 0 spiro atoms. The van der Waals surface area contributed by atoms with Gasteiger partial charge in [-0.25, -0.2) is 0 Å². The smallest absolute Gasteiger partial charge is 0.189 e. The van der Waals surface area contributed by atoms with Crippen LogP contribution < -0.4 is 5.44 Å². The van der Waals surface area contributed by atoms with E-state index < -0.39 is 8.07 Å². The van der Waals surface area contributed by atoms with Gasteiger partial charge in [0.1, 0.15) is 0 Å². The fourth-order valence-electron chi connectivity index (χ4n) is 7.40. The number of imidazole rings is 1. The molecule has 0 saturated heterocycles. The zero-order valence-electron chi connectivity index (χ0n) is 29.6. The van der Waals surface area contributed by atoms with Crippen LogP contribution in [-0.4, -0.2) is 37.6 Å². The van der Waals surface area contributed by atoms with E-state index >= 15 is 0 Å². The molecule has 0 saturated carbocycles. The third-order valence-electron chi connectivity index (χ3n) is 8.92. The number of benzene rings is 4. The molecule has 0 N–H and O–H groups in total. The van der Waals surface area contributed by atoms with E-state index in [0.29, 0.717) is 0 Å². The average Bonchev–Trinajstić information content (AvgIpc) is 3.54. The Hall–Kier alpha value is -2.14. The molecule has 0 radical (unpaired) electrons. The molecule has 3 nitrogen and oxygen atoms in total. The number of halogens is 4. The molecule has 1 atom stereocenters. The van der Waals surface area contributed by atoms with Gasteiger partial charge in [0.25, 0.3) is 0 Å². The molecule has 0 amide bonds. The van der Waals surface area contributed by atoms with E-state index in [0.717, 1.165) is 17.9 Å². The van der Waals surface area contributed by atoms with Gasteiger partial charge in [-0.15, -0.1) is 46.4 Å². The Kier molecular flexibility index (Phi) is 14.5. The van der Waals surface area contributed by atoms with E-state index in [1.807, 2.05) is 0 Å². The molecular formula is C40H46Cl4N3PS. The number of hydrogen-bond donors (Lipinski definition) is 0. The van der Waals surface area contributed by atoms with Crippen LogP contribution in [0.25, 0.3) is 22.5 Å². The van der Waals surface area contributed by atoms with E-state index in [9.17, 15) is 0 Å². The van der Waals surface area contributed by atoms with Crippen molar-refractivity contribution in [1.29, 1.82) is 0 Å². The van der Waals surface area contributed by atoms with Gasteiger partial charge in [0.15, 0.2) is 4.77 Å². The largest absolute Gasteiger partial charge is 0.291 e. The summed E-state index contributed by atoms with van der Waals surface area (Å²) in [7, 11) is -0.873. The fourth-order valence-corrected chi connectivity index (χ4v) is 10.9. The van der Waals surface area contributed by atoms with Gasteiger partial charge in [-0.1, -0.05) is 97.8 Å². The molecular weight excluding hydrogens is 727 g/mol. The fraction of sp³-hybridized carbons (Fsp3) is 0.325. The molecule has 9 heteroatoms. The van der Waals surface area contributed by atoms with Gasteiger partial charge in [0, 0.05) is 19.9 Å². The lowest BCUT2D eigenvalue weighted by atomic mass is 10.0. The molecule has 5 aromatic rings. The van der Waals surface area contributed by atoms with Gasteiger partial charge >= 0.3 is 0 Å². The first-order chi connectivity index (χ1) is 23.5. The highest BCUT2D eigenvalue weighted by Crippen LogP contribution is 2.63. The SMILES string of the molecule is CCN(CC)[P@@](c1cn(-c2c(C)cc(C)cc2C)c(=S)n1-c1c(C)cc(C)cc1C)C1c2ccccc2-c2ccccc21.ClCCl.ClCCl. The van der Waals surface area contributed by atoms with Crippen LogP contribution in [-0.2, 0) is 0 Å². The highest BCUT2D eigenvalue weighted by Gasteiger charge is 2.40. The molecule has 49 heavy (non-hydrogen) atoms. The average molecular weight is 774 g/mol. The van der Waals surface area contributed by atoms with Crippen LogP contribution in [0, 0.1) is 46.3 Å². The summed E-state index contributed by atoms with van der Waals surface area (Å²) in [5.41, 5.74) is 17.1. The van der Waals surface area contributed by atoms with Crippen LogP contribution in [0.4, 0.5) is 0 Å². The Balaban J connectivity index is 0.000000841. The van der Waals surface area contributed by atoms with Crippen molar-refractivity contribution < 1.29 is 0 Å². The predicted octanol–water partition coefficient (Wildman–Crippen LogP) is 12.8. The van der Waals surface area contributed by atoms with Crippen molar-refractivity contribution in [2.24, 2.45) is 0 Å². The van der Waals surface area contributed by atoms with Crippen molar-refractivity contribution in [3.8, 4) is 22.5 Å². The molecule has 0 unspecified atom stereocenters. The van der Waals surface area contributed by atoms with Gasteiger partial charge in [-0.3, -0.25) is 13.8 Å². The van der Waals surface area contributed by atoms with Crippen molar-refractivity contribution in [2.45, 2.75) is 61.0 Å². The van der Waals surface area contributed by atoms with E-state index in [1.54, 1.807) is 0 Å². The second-order valence-electron chi connectivity index (χ2n) is 12.2. The molecule has 1 heterocycles. The second kappa shape index (κ2) is 17.9. The minimum Gasteiger partial charge on any atom is -0.291 e. The summed E-state index contributed by atoms with van der Waals surface area (Å²) in [6.07, 6.45) is 2.39. The normalized spacial score (nSPS) is 12.5. The number of aromatic nitrogens is 2. The van der Waals surface area contributed by atoms with Crippen molar-refractivity contribution >= 4 is 72.1 Å². The standard InChI is InChI=1S/C38H42N3PS.2CH2Cl2/c1-9-39(10-2)42(37-32-17-13-11-15-30(32)31-16-12-14-18-33(31)37)34-23-40(35-26(5)19-24(3)20-27(35)6)38(43)41(34)36-28(7)21-25(4)22-29(36)8;2*2-1-3/h11-23,37H,9-10H2,1-8H3;2*1H2/t42-;;/m0../s1. The Morgan fingerprint density at radius 1 is 0.653 bits per heavy atom. The molecule has 1 aliphatic carbocycles. The molecule has 0 fully saturated rings. The second-order valence-corrected chi connectivity index (χ2v) is 16.4. The summed E-state index contributed by atoms with van der Waals surface area (Å²) >= 11 is 25.6. The number of hydrogen-bond acceptors (Lipinski definition) is 2. The highest BCUT2D eigenvalue weighted by molar-refractivity contribution is 7.71. The Morgan fingerprint density at radius 3 is 1.45 bits per heavy atom. The number of rotatable bonds is 7. The van der Waals surface area contributed by atoms with Crippen molar-refractivity contribution in [3.63, 3.8) is 0 Å². The van der Waals surface area contributed by atoms with Gasteiger partial charge in [-0.05, 0) is 111 Å². The number of aryl methyl sites for hydroxylation is 6. The topological polar surface area (TPSA) is 13.1 Å². The molecule has 0 aliphatic heterocycles. The van der Waals surface area contributed by atoms with Crippen LogP contribution in [0.3, 0.4) is 0 Å². The molecule has 0 bridgehead atoms. The van der Waals surface area contributed by atoms with Crippen LogP contribution in [0.15, 0.2) is 79.0 Å². The summed E-state index contributed by atoms with van der Waals surface area (Å²) in [6, 6.07) is 27.2. The maximum atomic E-state index is 6.51. The van der Waals surface area contributed by atoms with Crippen LogP contribution >= 0.6 is 66.7 Å². The molecule has 1 aromatic heterocycles.